The Balaban J connectivity index is 1.19. The Morgan fingerprint density at radius 1 is 1.00 bits per heavy atom. The Labute approximate surface area is 160 Å². The third-order valence-electron chi connectivity index (χ3n) is 6.65. The third kappa shape index (κ3) is 3.97. The van der Waals surface area contributed by atoms with Gasteiger partial charge in [0.15, 0.2) is 0 Å². The van der Waals surface area contributed by atoms with Crippen molar-refractivity contribution in [3.63, 3.8) is 0 Å². The molecule has 0 unspecified atom stereocenters. The molecule has 5 rings (SSSR count). The molecule has 0 atom stereocenters. The fourth-order valence-corrected chi connectivity index (χ4v) is 5.84. The van der Waals surface area contributed by atoms with Gasteiger partial charge in [-0.15, -0.1) is 0 Å². The van der Waals surface area contributed by atoms with Crippen molar-refractivity contribution >= 4 is 11.9 Å². The molecule has 0 radical (unpaired) electrons. The maximum Gasteiger partial charge on any atom is 0.311 e. The lowest BCUT2D eigenvalue weighted by Crippen LogP contribution is -2.53. The van der Waals surface area contributed by atoms with Gasteiger partial charge in [-0.2, -0.15) is 0 Å². The number of methoxy groups -OCH3 is 1. The summed E-state index contributed by atoms with van der Waals surface area (Å²) in [4.78, 5) is 24.8. The van der Waals surface area contributed by atoms with Gasteiger partial charge in [-0.1, -0.05) is 0 Å². The molecule has 1 aromatic carbocycles. The molecule has 0 saturated heterocycles. The first kappa shape index (κ1) is 18.3. The van der Waals surface area contributed by atoms with E-state index in [1.807, 2.05) is 0 Å². The highest BCUT2D eigenvalue weighted by Crippen LogP contribution is 2.60. The molecule has 0 aromatic heterocycles. The Morgan fingerprint density at radius 2 is 1.56 bits per heavy atom. The van der Waals surface area contributed by atoms with Crippen molar-refractivity contribution in [2.24, 2.45) is 23.2 Å². The zero-order chi connectivity index (χ0) is 18.9. The van der Waals surface area contributed by atoms with E-state index in [2.05, 4.69) is 5.32 Å². The summed E-state index contributed by atoms with van der Waals surface area (Å²) in [5.41, 5.74) is -0.113. The van der Waals surface area contributed by atoms with Crippen LogP contribution in [0.4, 0.5) is 0 Å². The Morgan fingerprint density at radius 3 is 2.11 bits per heavy atom. The van der Waals surface area contributed by atoms with Crippen LogP contribution in [0.5, 0.6) is 11.5 Å². The molecule has 4 aliphatic rings. The number of rotatable bonds is 7. The van der Waals surface area contributed by atoms with Crippen molar-refractivity contribution < 1.29 is 19.1 Å². The van der Waals surface area contributed by atoms with Crippen LogP contribution in [0, 0.1) is 23.2 Å². The number of nitrogens with one attached hydrogen (secondary N) is 1. The minimum Gasteiger partial charge on any atom is -0.497 e. The van der Waals surface area contributed by atoms with E-state index in [0.29, 0.717) is 25.1 Å². The van der Waals surface area contributed by atoms with Crippen molar-refractivity contribution in [3.8, 4) is 11.5 Å². The van der Waals surface area contributed by atoms with Crippen molar-refractivity contribution in [2.75, 3.05) is 13.7 Å². The maximum absolute atomic E-state index is 12.9. The number of esters is 1. The van der Waals surface area contributed by atoms with E-state index in [9.17, 15) is 9.59 Å². The number of benzene rings is 1. The van der Waals surface area contributed by atoms with Gasteiger partial charge in [0.05, 0.1) is 7.11 Å². The molecule has 5 nitrogen and oxygen atoms in total. The van der Waals surface area contributed by atoms with Crippen molar-refractivity contribution in [1.29, 1.82) is 0 Å². The summed E-state index contributed by atoms with van der Waals surface area (Å²) in [5.74, 6) is 3.49. The van der Waals surface area contributed by atoms with Crippen LogP contribution in [-0.4, -0.2) is 25.5 Å². The van der Waals surface area contributed by atoms with Gasteiger partial charge in [-0.25, -0.2) is 0 Å². The number of carbonyl (C=O) groups is 2. The zero-order valence-electron chi connectivity index (χ0n) is 16.0. The van der Waals surface area contributed by atoms with E-state index in [1.165, 1.54) is 19.3 Å². The molecule has 146 valence electrons. The number of amides is 1. The van der Waals surface area contributed by atoms with Crippen LogP contribution in [0.1, 0.15) is 51.4 Å². The lowest BCUT2D eigenvalue weighted by Gasteiger charge is -2.55. The van der Waals surface area contributed by atoms with Gasteiger partial charge in [0.25, 0.3) is 0 Å². The molecule has 27 heavy (non-hydrogen) atoms. The summed E-state index contributed by atoms with van der Waals surface area (Å²) >= 11 is 0. The molecular formula is C22H29NO4. The monoisotopic (exact) mass is 371 g/mol. The summed E-state index contributed by atoms with van der Waals surface area (Å²) < 4.78 is 10.4. The van der Waals surface area contributed by atoms with Gasteiger partial charge in [0.1, 0.15) is 11.5 Å². The summed E-state index contributed by atoms with van der Waals surface area (Å²) in [6, 6.07) is 6.94. The van der Waals surface area contributed by atoms with Crippen LogP contribution in [0.2, 0.25) is 0 Å². The number of carbonyl (C=O) groups excluding carboxylic acids is 2. The molecule has 1 amide bonds. The molecule has 4 saturated carbocycles. The molecule has 1 aromatic rings. The fourth-order valence-electron chi connectivity index (χ4n) is 5.84. The fraction of sp³-hybridized carbons (Fsp3) is 0.636. The third-order valence-corrected chi connectivity index (χ3v) is 6.65. The second kappa shape index (κ2) is 7.53. The molecule has 4 bridgehead atoms. The quantitative estimate of drug-likeness (QED) is 0.451. The normalized spacial score (nSPS) is 30.8. The van der Waals surface area contributed by atoms with Gasteiger partial charge in [0, 0.05) is 18.4 Å². The van der Waals surface area contributed by atoms with E-state index in [4.69, 9.17) is 9.47 Å². The lowest BCUT2D eigenvalue weighted by molar-refractivity contribution is -0.146. The molecular weight excluding hydrogens is 342 g/mol. The number of ether oxygens (including phenoxy) is 2. The summed E-state index contributed by atoms with van der Waals surface area (Å²) in [6.07, 6.45) is 8.14. The van der Waals surface area contributed by atoms with Gasteiger partial charge >= 0.3 is 5.97 Å². The van der Waals surface area contributed by atoms with Crippen molar-refractivity contribution in [2.45, 2.75) is 51.4 Å². The molecule has 0 heterocycles. The predicted molar refractivity (Wildman–Crippen MR) is 101 cm³/mol. The topological polar surface area (TPSA) is 64.6 Å². The van der Waals surface area contributed by atoms with Gasteiger partial charge in [0.2, 0.25) is 5.91 Å². The summed E-state index contributed by atoms with van der Waals surface area (Å²) in [6.45, 7) is 0.540. The lowest BCUT2D eigenvalue weighted by atomic mass is 9.49. The summed E-state index contributed by atoms with van der Waals surface area (Å²) in [7, 11) is 1.60. The highest BCUT2D eigenvalue weighted by Gasteiger charge is 2.54. The minimum absolute atomic E-state index is 0.113. The SMILES string of the molecule is COc1ccc(OC(=O)CCCNC(=O)C23CC4CC(CC(C4)C2)C3)cc1. The molecule has 4 fully saturated rings. The number of hydrogen-bond donors (Lipinski definition) is 1. The first-order valence-corrected chi connectivity index (χ1v) is 10.2. The smallest absolute Gasteiger partial charge is 0.311 e. The minimum atomic E-state index is -0.274. The van der Waals surface area contributed by atoms with Crippen LogP contribution in [0.3, 0.4) is 0 Å². The molecule has 4 aliphatic carbocycles. The van der Waals surface area contributed by atoms with E-state index in [-0.39, 0.29) is 17.3 Å². The Bertz CT molecular complexity index is 661. The standard InChI is InChI=1S/C22H29NO4/c1-26-18-4-6-19(7-5-18)27-20(24)3-2-8-23-21(25)22-12-15-9-16(13-22)11-17(10-15)14-22/h4-7,15-17H,2-3,8-14H2,1H3,(H,23,25). The van der Waals surface area contributed by atoms with Crippen LogP contribution < -0.4 is 14.8 Å². The van der Waals surface area contributed by atoms with Crippen LogP contribution in [-0.2, 0) is 9.59 Å². The van der Waals surface area contributed by atoms with Crippen molar-refractivity contribution in [3.05, 3.63) is 24.3 Å². The zero-order valence-corrected chi connectivity index (χ0v) is 16.0. The summed E-state index contributed by atoms with van der Waals surface area (Å²) in [5, 5.41) is 3.11. The Kier molecular flexibility index (Phi) is 5.11. The van der Waals surface area contributed by atoms with E-state index in [0.717, 1.165) is 42.8 Å². The van der Waals surface area contributed by atoms with E-state index >= 15 is 0 Å². The first-order valence-electron chi connectivity index (χ1n) is 10.2. The largest absolute Gasteiger partial charge is 0.497 e. The second-order valence-corrected chi connectivity index (χ2v) is 8.71. The van der Waals surface area contributed by atoms with Gasteiger partial charge < -0.3 is 14.8 Å². The van der Waals surface area contributed by atoms with Crippen LogP contribution in [0.25, 0.3) is 0 Å². The number of hydrogen-bond acceptors (Lipinski definition) is 4. The highest BCUT2D eigenvalue weighted by atomic mass is 16.5. The average Bonchev–Trinajstić information content (AvgIpc) is 2.64. The maximum atomic E-state index is 12.9. The highest BCUT2D eigenvalue weighted by molar-refractivity contribution is 5.83. The van der Waals surface area contributed by atoms with E-state index in [1.54, 1.807) is 31.4 Å². The molecule has 1 N–H and O–H groups in total. The molecule has 0 aliphatic heterocycles. The van der Waals surface area contributed by atoms with Gasteiger partial charge in [-0.05, 0) is 87.0 Å². The Hall–Kier alpha value is -2.04. The van der Waals surface area contributed by atoms with E-state index < -0.39 is 0 Å². The first-order chi connectivity index (χ1) is 13.1. The van der Waals surface area contributed by atoms with Crippen LogP contribution in [0.15, 0.2) is 24.3 Å². The molecule has 5 heteroatoms. The molecule has 0 spiro atoms. The van der Waals surface area contributed by atoms with Crippen molar-refractivity contribution in [1.82, 2.24) is 5.32 Å². The average molecular weight is 371 g/mol. The second-order valence-electron chi connectivity index (χ2n) is 8.71. The predicted octanol–water partition coefficient (Wildman–Crippen LogP) is 3.71. The van der Waals surface area contributed by atoms with Crippen LogP contribution >= 0.6 is 0 Å². The van der Waals surface area contributed by atoms with Gasteiger partial charge in [-0.3, -0.25) is 9.59 Å².